The van der Waals surface area contributed by atoms with Crippen molar-refractivity contribution in [2.24, 2.45) is 5.41 Å². The third-order valence-electron chi connectivity index (χ3n) is 4.69. The molecule has 0 unspecified atom stereocenters. The predicted octanol–water partition coefficient (Wildman–Crippen LogP) is 2.17. The van der Waals surface area contributed by atoms with Crippen LogP contribution in [0.2, 0.25) is 0 Å². The normalized spacial score (nSPS) is 24.1. The van der Waals surface area contributed by atoms with Crippen molar-refractivity contribution in [3.05, 3.63) is 0 Å². The Kier molecular flexibility index (Phi) is 4.08. The molecule has 3 heteroatoms. The first-order valence-electron chi connectivity index (χ1n) is 7.17. The van der Waals surface area contributed by atoms with Gasteiger partial charge in [0.1, 0.15) is 0 Å². The summed E-state index contributed by atoms with van der Waals surface area (Å²) in [5, 5.41) is 3.38. The van der Waals surface area contributed by atoms with E-state index in [-0.39, 0.29) is 5.41 Å². The first kappa shape index (κ1) is 12.9. The van der Waals surface area contributed by atoms with Crippen LogP contribution in [0.25, 0.3) is 0 Å². The molecule has 3 nitrogen and oxygen atoms in total. The average molecular weight is 238 g/mol. The van der Waals surface area contributed by atoms with Gasteiger partial charge in [-0.1, -0.05) is 13.3 Å². The number of rotatable bonds is 4. The number of carbonyl (C=O) groups is 1. The summed E-state index contributed by atoms with van der Waals surface area (Å²) in [5.74, 6) is 0.422. The predicted molar refractivity (Wildman–Crippen MR) is 69.9 cm³/mol. The van der Waals surface area contributed by atoms with Gasteiger partial charge in [-0.15, -0.1) is 0 Å². The molecule has 98 valence electrons. The molecule has 1 aliphatic carbocycles. The van der Waals surface area contributed by atoms with E-state index in [1.165, 1.54) is 19.3 Å². The number of piperidine rings is 1. The highest BCUT2D eigenvalue weighted by atomic mass is 16.2. The monoisotopic (exact) mass is 238 g/mol. The van der Waals surface area contributed by atoms with Gasteiger partial charge in [0.25, 0.3) is 0 Å². The lowest BCUT2D eigenvalue weighted by Gasteiger charge is -2.43. The molecule has 0 radical (unpaired) electrons. The van der Waals surface area contributed by atoms with E-state index in [4.69, 9.17) is 0 Å². The Labute approximate surface area is 105 Å². The minimum atomic E-state index is -0.0512. The van der Waals surface area contributed by atoms with Gasteiger partial charge in [-0.3, -0.25) is 4.79 Å². The van der Waals surface area contributed by atoms with Gasteiger partial charge in [-0.25, -0.2) is 0 Å². The molecule has 2 aliphatic rings. The first-order chi connectivity index (χ1) is 8.19. The van der Waals surface area contributed by atoms with Crippen LogP contribution in [-0.2, 0) is 4.79 Å². The minimum Gasteiger partial charge on any atom is -0.342 e. The van der Waals surface area contributed by atoms with Crippen LogP contribution in [0.4, 0.5) is 0 Å². The molecular weight excluding hydrogens is 212 g/mol. The van der Waals surface area contributed by atoms with E-state index < -0.39 is 0 Å². The summed E-state index contributed by atoms with van der Waals surface area (Å²) in [6.07, 6.45) is 7.94. The second kappa shape index (κ2) is 5.38. The number of hydrogen-bond acceptors (Lipinski definition) is 2. The highest BCUT2D eigenvalue weighted by Gasteiger charge is 2.42. The molecule has 1 heterocycles. The molecular formula is C14H26N2O. The summed E-state index contributed by atoms with van der Waals surface area (Å²) in [7, 11) is 2.02. The van der Waals surface area contributed by atoms with Crippen molar-refractivity contribution < 1.29 is 4.79 Å². The Hall–Kier alpha value is -0.570. The summed E-state index contributed by atoms with van der Waals surface area (Å²) in [4.78, 5) is 14.8. The second-order valence-corrected chi connectivity index (χ2v) is 5.78. The van der Waals surface area contributed by atoms with E-state index in [1.54, 1.807) is 0 Å². The molecule has 0 aromatic heterocycles. The van der Waals surface area contributed by atoms with Gasteiger partial charge in [-0.2, -0.15) is 0 Å². The maximum absolute atomic E-state index is 12.7. The summed E-state index contributed by atoms with van der Waals surface area (Å²) in [6, 6.07) is 0.533. The highest BCUT2D eigenvalue weighted by Crippen LogP contribution is 2.38. The molecule has 0 aromatic carbocycles. The van der Waals surface area contributed by atoms with Crippen LogP contribution in [0.1, 0.15) is 51.9 Å². The fourth-order valence-corrected chi connectivity index (χ4v) is 3.27. The van der Waals surface area contributed by atoms with Gasteiger partial charge in [0.2, 0.25) is 5.91 Å². The SMILES string of the molecule is CCCC1(C(=O)N(C)C2CCC2)CCNCC1. The molecule has 1 N–H and O–H groups in total. The third kappa shape index (κ3) is 2.49. The van der Waals surface area contributed by atoms with Crippen LogP contribution in [0, 0.1) is 5.41 Å². The lowest BCUT2D eigenvalue weighted by molar-refractivity contribution is -0.146. The Morgan fingerprint density at radius 1 is 1.35 bits per heavy atom. The molecule has 2 fully saturated rings. The van der Waals surface area contributed by atoms with E-state index in [2.05, 4.69) is 17.1 Å². The number of nitrogens with zero attached hydrogens (tertiary/aromatic N) is 1. The van der Waals surface area contributed by atoms with Crippen molar-refractivity contribution in [1.29, 1.82) is 0 Å². The molecule has 2 rings (SSSR count). The average Bonchev–Trinajstić information content (AvgIpc) is 2.27. The van der Waals surface area contributed by atoms with Crippen molar-refractivity contribution in [3.8, 4) is 0 Å². The number of carbonyl (C=O) groups excluding carboxylic acids is 1. The largest absolute Gasteiger partial charge is 0.342 e. The zero-order valence-electron chi connectivity index (χ0n) is 11.3. The molecule has 0 aromatic rings. The quantitative estimate of drug-likeness (QED) is 0.814. The lowest BCUT2D eigenvalue weighted by Crippen LogP contribution is -2.52. The molecule has 0 spiro atoms. The second-order valence-electron chi connectivity index (χ2n) is 5.78. The van der Waals surface area contributed by atoms with Crippen molar-refractivity contribution >= 4 is 5.91 Å². The van der Waals surface area contributed by atoms with Crippen LogP contribution in [0.3, 0.4) is 0 Å². The highest BCUT2D eigenvalue weighted by molar-refractivity contribution is 5.83. The first-order valence-corrected chi connectivity index (χ1v) is 7.17. The molecule has 1 saturated carbocycles. The maximum Gasteiger partial charge on any atom is 0.228 e. The molecule has 1 amide bonds. The van der Waals surface area contributed by atoms with Crippen molar-refractivity contribution in [2.45, 2.75) is 57.9 Å². The fraction of sp³-hybridized carbons (Fsp3) is 0.929. The minimum absolute atomic E-state index is 0.0512. The van der Waals surface area contributed by atoms with Crippen LogP contribution >= 0.6 is 0 Å². The molecule has 0 bridgehead atoms. The fourth-order valence-electron chi connectivity index (χ4n) is 3.27. The van der Waals surface area contributed by atoms with Gasteiger partial charge in [-0.05, 0) is 51.6 Å². The number of amides is 1. The zero-order valence-corrected chi connectivity index (χ0v) is 11.3. The third-order valence-corrected chi connectivity index (χ3v) is 4.69. The van der Waals surface area contributed by atoms with Crippen LogP contribution in [0.5, 0.6) is 0 Å². The summed E-state index contributed by atoms with van der Waals surface area (Å²) in [6.45, 7) is 4.20. The molecule has 1 aliphatic heterocycles. The maximum atomic E-state index is 12.7. The van der Waals surface area contributed by atoms with E-state index in [1.807, 2.05) is 7.05 Å². The Morgan fingerprint density at radius 3 is 2.47 bits per heavy atom. The van der Waals surface area contributed by atoms with Gasteiger partial charge in [0.15, 0.2) is 0 Å². The van der Waals surface area contributed by atoms with Gasteiger partial charge >= 0.3 is 0 Å². The van der Waals surface area contributed by atoms with E-state index in [0.717, 1.165) is 38.8 Å². The smallest absolute Gasteiger partial charge is 0.228 e. The standard InChI is InChI=1S/C14H26N2O/c1-3-7-14(8-10-15-11-9-14)13(17)16(2)12-5-4-6-12/h12,15H,3-11H2,1-2H3. The topological polar surface area (TPSA) is 32.3 Å². The Bertz CT molecular complexity index is 262. The Balaban J connectivity index is 2.05. The molecule has 0 atom stereocenters. The lowest BCUT2D eigenvalue weighted by atomic mass is 9.73. The van der Waals surface area contributed by atoms with Crippen LogP contribution < -0.4 is 5.32 Å². The van der Waals surface area contributed by atoms with Gasteiger partial charge in [0, 0.05) is 13.1 Å². The van der Waals surface area contributed by atoms with Crippen molar-refractivity contribution in [1.82, 2.24) is 10.2 Å². The zero-order chi connectivity index (χ0) is 12.3. The Morgan fingerprint density at radius 2 is 2.00 bits per heavy atom. The molecule has 17 heavy (non-hydrogen) atoms. The summed E-state index contributed by atoms with van der Waals surface area (Å²) in [5.41, 5.74) is -0.0512. The molecule has 1 saturated heterocycles. The van der Waals surface area contributed by atoms with Crippen LogP contribution in [0.15, 0.2) is 0 Å². The van der Waals surface area contributed by atoms with Crippen LogP contribution in [-0.4, -0.2) is 37.0 Å². The van der Waals surface area contributed by atoms with Crippen molar-refractivity contribution in [2.75, 3.05) is 20.1 Å². The van der Waals surface area contributed by atoms with E-state index >= 15 is 0 Å². The van der Waals surface area contributed by atoms with E-state index in [0.29, 0.717) is 11.9 Å². The number of nitrogens with one attached hydrogen (secondary N) is 1. The van der Waals surface area contributed by atoms with Gasteiger partial charge in [0.05, 0.1) is 5.41 Å². The van der Waals surface area contributed by atoms with E-state index in [9.17, 15) is 4.79 Å². The van der Waals surface area contributed by atoms with Gasteiger partial charge < -0.3 is 10.2 Å². The van der Waals surface area contributed by atoms with Crippen molar-refractivity contribution in [3.63, 3.8) is 0 Å². The number of hydrogen-bond donors (Lipinski definition) is 1. The summed E-state index contributed by atoms with van der Waals surface area (Å²) < 4.78 is 0. The summed E-state index contributed by atoms with van der Waals surface area (Å²) >= 11 is 0.